The second kappa shape index (κ2) is 12.6. The predicted molar refractivity (Wildman–Crippen MR) is 123 cm³/mol. The van der Waals surface area contributed by atoms with Crippen LogP contribution in [-0.4, -0.2) is 52.7 Å². The molecule has 2 N–H and O–H groups in total. The Morgan fingerprint density at radius 2 is 1.59 bits per heavy atom. The van der Waals surface area contributed by atoms with Crippen LogP contribution in [0.5, 0.6) is 0 Å². The van der Waals surface area contributed by atoms with E-state index in [-0.39, 0.29) is 6.54 Å². The second-order valence-corrected chi connectivity index (χ2v) is 9.92. The van der Waals surface area contributed by atoms with E-state index in [0.717, 1.165) is 11.4 Å². The molecule has 0 unspecified atom stereocenters. The second-order valence-electron chi connectivity index (χ2n) is 5.56. The molecule has 2 aromatic rings. The van der Waals surface area contributed by atoms with Gasteiger partial charge in [0.2, 0.25) is 5.17 Å². The van der Waals surface area contributed by atoms with Gasteiger partial charge >= 0.3 is 10.1 Å². The minimum Gasteiger partial charge on any atom is -0.358 e. The molecule has 0 bridgehead atoms. The molecule has 0 saturated heterocycles. The van der Waals surface area contributed by atoms with E-state index < -0.39 is 15.3 Å². The molecule has 12 heteroatoms. The predicted octanol–water partition coefficient (Wildman–Crippen LogP) is 3.78. The van der Waals surface area contributed by atoms with E-state index in [1.165, 1.54) is 23.5 Å². The molecule has 158 valence electrons. The van der Waals surface area contributed by atoms with Crippen LogP contribution in [-0.2, 0) is 21.6 Å². The van der Waals surface area contributed by atoms with Crippen molar-refractivity contribution in [1.29, 1.82) is 0 Å². The number of thioether (sulfide) groups is 2. The Labute approximate surface area is 188 Å². The average molecular weight is 495 g/mol. The van der Waals surface area contributed by atoms with Gasteiger partial charge in [0.25, 0.3) is 0 Å². The molecule has 0 amide bonds. The van der Waals surface area contributed by atoms with Gasteiger partial charge in [0, 0.05) is 41.9 Å². The van der Waals surface area contributed by atoms with Crippen LogP contribution < -0.4 is 5.32 Å². The van der Waals surface area contributed by atoms with Gasteiger partial charge in [0.05, 0.1) is 28.0 Å². The summed E-state index contributed by atoms with van der Waals surface area (Å²) in [5.41, 5.74) is 1.54. The number of pyridine rings is 2. The molecular formula is C17H20Cl2N4O3S3. The highest BCUT2D eigenvalue weighted by atomic mass is 35.5. The highest BCUT2D eigenvalue weighted by Crippen LogP contribution is 2.19. The van der Waals surface area contributed by atoms with Crippen LogP contribution in [0.25, 0.3) is 0 Å². The minimum absolute atomic E-state index is 0.230. The summed E-state index contributed by atoms with van der Waals surface area (Å²) >= 11 is 15.1. The van der Waals surface area contributed by atoms with Gasteiger partial charge in [0.1, 0.15) is 0 Å². The molecule has 2 rings (SSSR count). The zero-order valence-corrected chi connectivity index (χ0v) is 19.3. The van der Waals surface area contributed by atoms with E-state index in [2.05, 4.69) is 20.3 Å². The first-order valence-corrected chi connectivity index (χ1v) is 13.0. The number of amidine groups is 1. The summed E-state index contributed by atoms with van der Waals surface area (Å²) in [6.45, 7) is 0.554. The third-order valence-corrected chi connectivity index (χ3v) is 6.77. The molecule has 0 radical (unpaired) electrons. The quantitative estimate of drug-likeness (QED) is 0.222. The molecule has 0 saturated carbocycles. The van der Waals surface area contributed by atoms with Gasteiger partial charge < -0.3 is 5.32 Å². The Morgan fingerprint density at radius 3 is 2.10 bits per heavy atom. The topological polar surface area (TPSA) is 105 Å². The minimum atomic E-state index is -4.40. The SMILES string of the molecule is O=S(=O)(O)C(=NCCSCc1ncccc1Cl)NCCSCc1ncccc1Cl. The lowest BCUT2D eigenvalue weighted by molar-refractivity contribution is 0.496. The van der Waals surface area contributed by atoms with Crippen LogP contribution in [0.2, 0.25) is 10.0 Å². The number of hydrogen-bond acceptors (Lipinski definition) is 7. The largest absolute Gasteiger partial charge is 0.358 e. The number of nitrogens with zero attached hydrogens (tertiary/aromatic N) is 3. The maximum atomic E-state index is 11.5. The molecule has 2 heterocycles. The van der Waals surface area contributed by atoms with E-state index in [4.69, 9.17) is 23.2 Å². The molecular weight excluding hydrogens is 475 g/mol. The fourth-order valence-electron chi connectivity index (χ4n) is 2.06. The first-order chi connectivity index (χ1) is 13.9. The van der Waals surface area contributed by atoms with Gasteiger partial charge in [-0.1, -0.05) is 23.2 Å². The molecule has 0 spiro atoms. The summed E-state index contributed by atoms with van der Waals surface area (Å²) < 4.78 is 32.3. The Hall–Kier alpha value is -1.04. The van der Waals surface area contributed by atoms with Gasteiger partial charge in [0.15, 0.2) is 0 Å². The molecule has 0 aliphatic rings. The number of aliphatic imine (C=N–C) groups is 1. The number of nitrogens with one attached hydrogen (secondary N) is 1. The van der Waals surface area contributed by atoms with Crippen LogP contribution in [0.4, 0.5) is 0 Å². The fourth-order valence-corrected chi connectivity index (χ4v) is 4.73. The van der Waals surface area contributed by atoms with Crippen molar-refractivity contribution in [3.05, 3.63) is 58.1 Å². The summed E-state index contributed by atoms with van der Waals surface area (Å²) in [6, 6.07) is 7.05. The van der Waals surface area contributed by atoms with Crippen LogP contribution in [0.15, 0.2) is 41.7 Å². The van der Waals surface area contributed by atoms with Crippen LogP contribution in [0.1, 0.15) is 11.4 Å². The lowest BCUT2D eigenvalue weighted by atomic mass is 10.4. The Bertz CT molecular complexity index is 930. The molecule has 7 nitrogen and oxygen atoms in total. The lowest BCUT2D eigenvalue weighted by Crippen LogP contribution is -2.33. The maximum absolute atomic E-state index is 11.5. The standard InChI is InChI=1S/C17H20Cl2N4O3S3/c18-13-3-1-5-20-15(13)11-27-9-7-22-17(29(24,25)26)23-8-10-28-12-16-14(19)4-2-6-21-16/h1-6H,7-12H2,(H,22,23)(H,24,25,26). The van der Waals surface area contributed by atoms with E-state index in [1.54, 1.807) is 36.7 Å². The first kappa shape index (κ1) is 24.2. The summed E-state index contributed by atoms with van der Waals surface area (Å²) in [5.74, 6) is 2.35. The lowest BCUT2D eigenvalue weighted by Gasteiger charge is -2.08. The third kappa shape index (κ3) is 9.10. The molecule has 29 heavy (non-hydrogen) atoms. The number of rotatable bonds is 10. The van der Waals surface area contributed by atoms with Gasteiger partial charge in [-0.2, -0.15) is 31.9 Å². The Morgan fingerprint density at radius 1 is 1.03 bits per heavy atom. The molecule has 2 aromatic heterocycles. The van der Waals surface area contributed by atoms with Crippen molar-refractivity contribution in [1.82, 2.24) is 15.3 Å². The number of hydrogen-bond donors (Lipinski definition) is 2. The Balaban J connectivity index is 1.72. The third-order valence-electron chi connectivity index (χ3n) is 3.40. The van der Waals surface area contributed by atoms with Crippen molar-refractivity contribution in [3.8, 4) is 0 Å². The number of halogens is 2. The molecule has 0 fully saturated rings. The normalized spacial score (nSPS) is 12.2. The maximum Gasteiger partial charge on any atom is 0.327 e. The molecule has 0 atom stereocenters. The van der Waals surface area contributed by atoms with Crippen LogP contribution in [0.3, 0.4) is 0 Å². The van der Waals surface area contributed by atoms with E-state index >= 15 is 0 Å². The summed E-state index contributed by atoms with van der Waals surface area (Å²) in [7, 11) is -4.40. The average Bonchev–Trinajstić information content (AvgIpc) is 2.67. The smallest absolute Gasteiger partial charge is 0.327 e. The highest BCUT2D eigenvalue weighted by Gasteiger charge is 2.15. The highest BCUT2D eigenvalue weighted by molar-refractivity contribution is 8.01. The van der Waals surface area contributed by atoms with Gasteiger partial charge in [-0.05, 0) is 24.3 Å². The van der Waals surface area contributed by atoms with E-state index in [1.807, 2.05) is 0 Å². The number of aromatic nitrogens is 2. The molecule has 0 aromatic carbocycles. The van der Waals surface area contributed by atoms with Crippen molar-refractivity contribution in [2.75, 3.05) is 24.6 Å². The summed E-state index contributed by atoms with van der Waals surface area (Å²) in [4.78, 5) is 12.3. The van der Waals surface area contributed by atoms with Crippen LogP contribution >= 0.6 is 46.7 Å². The Kier molecular flexibility index (Phi) is 10.5. The van der Waals surface area contributed by atoms with Crippen molar-refractivity contribution in [3.63, 3.8) is 0 Å². The summed E-state index contributed by atoms with van der Waals surface area (Å²) in [6.07, 6.45) is 3.34. The van der Waals surface area contributed by atoms with Gasteiger partial charge in [-0.25, -0.2) is 0 Å². The van der Waals surface area contributed by atoms with Crippen molar-refractivity contribution >= 4 is 62.0 Å². The van der Waals surface area contributed by atoms with Crippen molar-refractivity contribution in [2.45, 2.75) is 11.5 Å². The monoisotopic (exact) mass is 494 g/mol. The molecule has 0 aliphatic heterocycles. The van der Waals surface area contributed by atoms with Gasteiger partial charge in [-0.3, -0.25) is 19.5 Å². The van der Waals surface area contributed by atoms with Crippen molar-refractivity contribution in [2.24, 2.45) is 4.99 Å². The van der Waals surface area contributed by atoms with E-state index in [0.29, 0.717) is 39.6 Å². The van der Waals surface area contributed by atoms with Crippen molar-refractivity contribution < 1.29 is 13.0 Å². The van der Waals surface area contributed by atoms with E-state index in [9.17, 15) is 13.0 Å². The molecule has 0 aliphatic carbocycles. The zero-order chi connectivity index (χ0) is 21.1. The van der Waals surface area contributed by atoms with Crippen LogP contribution in [0, 0.1) is 0 Å². The fraction of sp³-hybridized carbons (Fsp3) is 0.353. The first-order valence-electron chi connectivity index (χ1n) is 8.48. The summed E-state index contributed by atoms with van der Waals surface area (Å²) in [5, 5.41) is 3.43. The van der Waals surface area contributed by atoms with Gasteiger partial charge in [-0.15, -0.1) is 0 Å². The zero-order valence-electron chi connectivity index (χ0n) is 15.3.